The minimum Gasteiger partial charge on any atom is -0.478 e. The summed E-state index contributed by atoms with van der Waals surface area (Å²) < 4.78 is 6.03. The molecule has 9 nitrogen and oxygen atoms in total. The van der Waals surface area contributed by atoms with Crippen molar-refractivity contribution in [1.82, 2.24) is 14.8 Å². The van der Waals surface area contributed by atoms with E-state index < -0.39 is 11.9 Å². The van der Waals surface area contributed by atoms with E-state index in [1.54, 1.807) is 23.2 Å². The number of carboxylic acids is 2. The largest absolute Gasteiger partial charge is 0.478 e. The van der Waals surface area contributed by atoms with Crippen LogP contribution in [0, 0.1) is 0 Å². The molecule has 3 rings (SSSR count). The van der Waals surface area contributed by atoms with Crippen LogP contribution in [-0.2, 0) is 9.59 Å². The van der Waals surface area contributed by atoms with Crippen molar-refractivity contribution < 1.29 is 29.3 Å². The first-order valence-electron chi connectivity index (χ1n) is 9.95. The van der Waals surface area contributed by atoms with Gasteiger partial charge in [-0.15, -0.1) is 0 Å². The molecule has 0 saturated carbocycles. The number of amides is 1. The lowest BCUT2D eigenvalue weighted by Crippen LogP contribution is -2.39. The molecule has 3 heterocycles. The number of fused-ring (bicyclic) bond motifs is 1. The van der Waals surface area contributed by atoms with Gasteiger partial charge < -0.3 is 19.8 Å². The standard InChI is InChI=1S/C17H25N3O2.C4H4O4/c1-12-6-7-13(2)20(12)10-8-14-11-19(3)17(21)15-5-4-9-18-16(15)22-14;5-3(6)1-2-4(7)8/h4-5,9,12-14H,6-8,10-11H2,1-3H3;1-2H,(H,5,6)(H,7,8). The fraction of sp³-hybridized carbons (Fsp3) is 0.524. The number of rotatable bonds is 5. The number of nitrogens with zero attached hydrogens (tertiary/aromatic N) is 3. The molecule has 3 unspecified atom stereocenters. The first kappa shape index (κ1) is 23.3. The molecule has 1 aromatic rings. The van der Waals surface area contributed by atoms with Gasteiger partial charge >= 0.3 is 11.9 Å². The molecule has 2 N–H and O–H groups in total. The van der Waals surface area contributed by atoms with Gasteiger partial charge in [-0.1, -0.05) is 0 Å². The van der Waals surface area contributed by atoms with Gasteiger partial charge in [0.25, 0.3) is 5.91 Å². The molecule has 1 fully saturated rings. The molecular formula is C21H29N3O6. The van der Waals surface area contributed by atoms with Gasteiger partial charge in [-0.2, -0.15) is 0 Å². The number of hydrogen-bond acceptors (Lipinski definition) is 6. The first-order valence-corrected chi connectivity index (χ1v) is 9.95. The summed E-state index contributed by atoms with van der Waals surface area (Å²) in [7, 11) is 1.84. The van der Waals surface area contributed by atoms with Crippen LogP contribution in [0.5, 0.6) is 5.88 Å². The predicted molar refractivity (Wildman–Crippen MR) is 110 cm³/mol. The van der Waals surface area contributed by atoms with Crippen LogP contribution in [0.4, 0.5) is 0 Å². The van der Waals surface area contributed by atoms with Crippen molar-refractivity contribution in [1.29, 1.82) is 0 Å². The smallest absolute Gasteiger partial charge is 0.328 e. The third-order valence-corrected chi connectivity index (χ3v) is 5.32. The van der Waals surface area contributed by atoms with E-state index in [1.165, 1.54) is 12.8 Å². The number of carboxylic acid groups (broad SMARTS) is 2. The molecule has 1 saturated heterocycles. The Labute approximate surface area is 176 Å². The number of likely N-dealkylation sites (N-methyl/N-ethyl adjacent to an activating group) is 1. The molecular weight excluding hydrogens is 390 g/mol. The highest BCUT2D eigenvalue weighted by molar-refractivity contribution is 5.96. The zero-order valence-corrected chi connectivity index (χ0v) is 17.5. The average molecular weight is 419 g/mol. The molecule has 1 aromatic heterocycles. The number of pyridine rings is 1. The van der Waals surface area contributed by atoms with Gasteiger partial charge in [0.1, 0.15) is 11.7 Å². The maximum atomic E-state index is 12.3. The van der Waals surface area contributed by atoms with Crippen molar-refractivity contribution in [3.63, 3.8) is 0 Å². The summed E-state index contributed by atoms with van der Waals surface area (Å²) in [6, 6.07) is 4.85. The van der Waals surface area contributed by atoms with Crippen LogP contribution in [0.3, 0.4) is 0 Å². The van der Waals surface area contributed by atoms with E-state index in [2.05, 4.69) is 23.7 Å². The van der Waals surface area contributed by atoms with Gasteiger partial charge in [-0.25, -0.2) is 14.6 Å². The summed E-state index contributed by atoms with van der Waals surface area (Å²) >= 11 is 0. The monoisotopic (exact) mass is 419 g/mol. The Hall–Kier alpha value is -2.94. The van der Waals surface area contributed by atoms with Crippen molar-refractivity contribution in [2.45, 2.75) is 51.3 Å². The Kier molecular flexibility index (Phi) is 8.35. The third-order valence-electron chi connectivity index (χ3n) is 5.32. The molecule has 0 radical (unpaired) electrons. The zero-order valence-electron chi connectivity index (χ0n) is 17.5. The number of carbonyl (C=O) groups is 3. The molecule has 0 spiro atoms. The average Bonchev–Trinajstić information content (AvgIpc) is 2.95. The van der Waals surface area contributed by atoms with E-state index >= 15 is 0 Å². The van der Waals surface area contributed by atoms with E-state index in [-0.39, 0.29) is 12.0 Å². The SMILES string of the molecule is CC1CCC(C)N1CCC1CN(C)C(=O)c2cccnc2O1.O=C(O)C=CC(=O)O. The molecule has 0 bridgehead atoms. The summed E-state index contributed by atoms with van der Waals surface area (Å²) in [6.45, 7) is 6.22. The number of aromatic nitrogens is 1. The van der Waals surface area contributed by atoms with Crippen molar-refractivity contribution in [3.8, 4) is 5.88 Å². The Morgan fingerprint density at radius 1 is 1.20 bits per heavy atom. The predicted octanol–water partition coefficient (Wildman–Crippen LogP) is 1.89. The maximum Gasteiger partial charge on any atom is 0.328 e. The summed E-state index contributed by atoms with van der Waals surface area (Å²) in [4.78, 5) is 40.0. The van der Waals surface area contributed by atoms with Crippen molar-refractivity contribution in [2.24, 2.45) is 0 Å². The van der Waals surface area contributed by atoms with Gasteiger partial charge in [-0.05, 0) is 45.2 Å². The molecule has 3 atom stereocenters. The number of likely N-dealkylation sites (tertiary alicyclic amines) is 1. The summed E-state index contributed by atoms with van der Waals surface area (Å²) in [5.41, 5.74) is 0.565. The lowest BCUT2D eigenvalue weighted by Gasteiger charge is -2.28. The number of hydrogen-bond donors (Lipinski definition) is 2. The summed E-state index contributed by atoms with van der Waals surface area (Å²) in [5.74, 6) is -2.04. The van der Waals surface area contributed by atoms with Crippen LogP contribution < -0.4 is 4.74 Å². The van der Waals surface area contributed by atoms with Gasteiger partial charge in [-0.3, -0.25) is 9.69 Å². The quantitative estimate of drug-likeness (QED) is 0.694. The Balaban J connectivity index is 0.000000343. The minimum absolute atomic E-state index is 0.00472. The van der Waals surface area contributed by atoms with Gasteiger partial charge in [0, 0.05) is 44.0 Å². The summed E-state index contributed by atoms with van der Waals surface area (Å²) in [5, 5.41) is 15.6. The molecule has 0 aromatic carbocycles. The van der Waals surface area contributed by atoms with Crippen LogP contribution in [0.25, 0.3) is 0 Å². The normalized spacial score (nSPS) is 23.9. The molecule has 2 aliphatic heterocycles. The van der Waals surface area contributed by atoms with Crippen molar-refractivity contribution >= 4 is 17.8 Å². The molecule has 9 heteroatoms. The molecule has 0 aliphatic carbocycles. The highest BCUT2D eigenvalue weighted by Crippen LogP contribution is 2.26. The zero-order chi connectivity index (χ0) is 22.3. The van der Waals surface area contributed by atoms with E-state index in [4.69, 9.17) is 14.9 Å². The van der Waals surface area contributed by atoms with Crippen LogP contribution in [0.15, 0.2) is 30.5 Å². The van der Waals surface area contributed by atoms with Gasteiger partial charge in [0.15, 0.2) is 0 Å². The minimum atomic E-state index is -1.26. The fourth-order valence-electron chi connectivity index (χ4n) is 3.71. The highest BCUT2D eigenvalue weighted by Gasteiger charge is 2.30. The third kappa shape index (κ3) is 6.55. The van der Waals surface area contributed by atoms with Crippen LogP contribution in [0.1, 0.15) is 43.5 Å². The maximum absolute atomic E-state index is 12.3. The first-order chi connectivity index (χ1) is 14.2. The lowest BCUT2D eigenvalue weighted by atomic mass is 10.2. The van der Waals surface area contributed by atoms with Gasteiger partial charge in [0.2, 0.25) is 5.88 Å². The fourth-order valence-corrected chi connectivity index (χ4v) is 3.71. The van der Waals surface area contributed by atoms with E-state index in [0.717, 1.165) is 13.0 Å². The highest BCUT2D eigenvalue weighted by atomic mass is 16.5. The van der Waals surface area contributed by atoms with Crippen LogP contribution in [-0.4, -0.2) is 81.2 Å². The second kappa shape index (κ2) is 10.7. The molecule has 30 heavy (non-hydrogen) atoms. The molecule has 2 aliphatic rings. The van der Waals surface area contributed by atoms with E-state index in [9.17, 15) is 14.4 Å². The second-order valence-corrected chi connectivity index (χ2v) is 7.59. The molecule has 164 valence electrons. The topological polar surface area (TPSA) is 120 Å². The van der Waals surface area contributed by atoms with Crippen LogP contribution in [0.2, 0.25) is 0 Å². The molecule has 1 amide bonds. The summed E-state index contributed by atoms with van der Waals surface area (Å²) in [6.07, 6.45) is 6.27. The second-order valence-electron chi connectivity index (χ2n) is 7.59. The Morgan fingerprint density at radius 3 is 2.37 bits per heavy atom. The van der Waals surface area contributed by atoms with Crippen molar-refractivity contribution in [2.75, 3.05) is 20.1 Å². The van der Waals surface area contributed by atoms with Crippen molar-refractivity contribution in [3.05, 3.63) is 36.0 Å². The van der Waals surface area contributed by atoms with E-state index in [0.29, 0.717) is 42.2 Å². The van der Waals surface area contributed by atoms with E-state index in [1.807, 2.05) is 7.05 Å². The van der Waals surface area contributed by atoms with Gasteiger partial charge in [0.05, 0.1) is 6.54 Å². The Bertz CT molecular complexity index is 771. The Morgan fingerprint density at radius 2 is 1.80 bits per heavy atom. The van der Waals surface area contributed by atoms with Crippen LogP contribution >= 0.6 is 0 Å². The number of carbonyl (C=O) groups excluding carboxylic acids is 1. The number of ether oxygens (including phenoxy) is 1. The number of aliphatic carboxylic acids is 2. The lowest BCUT2D eigenvalue weighted by molar-refractivity contribution is -0.134.